The first-order valence-electron chi connectivity index (χ1n) is 9.05. The minimum atomic E-state index is -4.85. The van der Waals surface area contributed by atoms with Gasteiger partial charge in [-0.15, -0.1) is 0 Å². The number of carbonyl (C=O) groups excluding carboxylic acids is 1. The number of rotatable bonds is 8. The highest BCUT2D eigenvalue weighted by Gasteiger charge is 2.39. The van der Waals surface area contributed by atoms with Gasteiger partial charge in [-0.2, -0.15) is 17.5 Å². The van der Waals surface area contributed by atoms with Gasteiger partial charge in [-0.25, -0.2) is 8.42 Å². The maximum atomic E-state index is 13.4. The second-order valence-electron chi connectivity index (χ2n) is 6.63. The number of amides is 1. The highest BCUT2D eigenvalue weighted by molar-refractivity contribution is 7.89. The molecule has 1 atom stereocenters. The van der Waals surface area contributed by atoms with Crippen LogP contribution in [0.3, 0.4) is 0 Å². The van der Waals surface area contributed by atoms with Gasteiger partial charge in [0.25, 0.3) is 0 Å². The Kier molecular flexibility index (Phi) is 7.43. The third-order valence-corrected chi connectivity index (χ3v) is 6.20. The van der Waals surface area contributed by atoms with Gasteiger partial charge in [-0.1, -0.05) is 49.4 Å². The van der Waals surface area contributed by atoms with Crippen LogP contribution in [0.1, 0.15) is 31.4 Å². The molecule has 2 rings (SSSR count). The third kappa shape index (κ3) is 6.04. The Labute approximate surface area is 168 Å². The van der Waals surface area contributed by atoms with Gasteiger partial charge in [-0.05, 0) is 31.0 Å². The zero-order chi connectivity index (χ0) is 21.7. The summed E-state index contributed by atoms with van der Waals surface area (Å²) < 4.78 is 67.2. The summed E-state index contributed by atoms with van der Waals surface area (Å²) in [5.41, 5.74) is -0.711. The SMILES string of the molecule is CCC(C)NC(=O)CN(Cc1ccccc1)S(=O)(=O)c1ccccc1C(F)(F)F. The molecule has 0 radical (unpaired) electrons. The van der Waals surface area contributed by atoms with E-state index in [1.807, 2.05) is 6.92 Å². The van der Waals surface area contributed by atoms with Gasteiger partial charge in [0.1, 0.15) is 0 Å². The van der Waals surface area contributed by atoms with Crippen LogP contribution in [0, 0.1) is 0 Å². The van der Waals surface area contributed by atoms with Crippen molar-refractivity contribution in [3.63, 3.8) is 0 Å². The summed E-state index contributed by atoms with van der Waals surface area (Å²) in [6, 6.07) is 12.2. The van der Waals surface area contributed by atoms with E-state index in [1.54, 1.807) is 37.3 Å². The molecule has 0 spiro atoms. The van der Waals surface area contributed by atoms with Crippen LogP contribution in [0.25, 0.3) is 0 Å². The van der Waals surface area contributed by atoms with Crippen LogP contribution in [0.5, 0.6) is 0 Å². The van der Waals surface area contributed by atoms with Crippen LogP contribution in [-0.4, -0.2) is 31.2 Å². The predicted molar refractivity (Wildman–Crippen MR) is 103 cm³/mol. The molecule has 5 nitrogen and oxygen atoms in total. The van der Waals surface area contributed by atoms with E-state index in [0.29, 0.717) is 18.1 Å². The van der Waals surface area contributed by atoms with E-state index in [0.717, 1.165) is 16.4 Å². The zero-order valence-corrected chi connectivity index (χ0v) is 16.9. The Bertz CT molecular complexity index is 931. The van der Waals surface area contributed by atoms with Gasteiger partial charge >= 0.3 is 6.18 Å². The summed E-state index contributed by atoms with van der Waals surface area (Å²) in [5, 5.41) is 2.65. The molecule has 0 aliphatic rings. The second kappa shape index (κ2) is 9.41. The quantitative estimate of drug-likeness (QED) is 0.695. The molecule has 1 N–H and O–H groups in total. The van der Waals surface area contributed by atoms with Crippen LogP contribution in [0.15, 0.2) is 59.5 Å². The molecule has 0 bridgehead atoms. The van der Waals surface area contributed by atoms with Crippen LogP contribution in [0.2, 0.25) is 0 Å². The van der Waals surface area contributed by atoms with Gasteiger partial charge in [0.2, 0.25) is 15.9 Å². The minimum absolute atomic E-state index is 0.189. The number of nitrogens with one attached hydrogen (secondary N) is 1. The van der Waals surface area contributed by atoms with Gasteiger partial charge < -0.3 is 5.32 Å². The van der Waals surface area contributed by atoms with E-state index in [4.69, 9.17) is 0 Å². The van der Waals surface area contributed by atoms with E-state index < -0.39 is 39.1 Å². The van der Waals surface area contributed by atoms with Crippen LogP contribution < -0.4 is 5.32 Å². The van der Waals surface area contributed by atoms with Crippen LogP contribution in [0.4, 0.5) is 13.2 Å². The van der Waals surface area contributed by atoms with Crippen molar-refractivity contribution in [3.8, 4) is 0 Å². The third-order valence-electron chi connectivity index (χ3n) is 4.35. The van der Waals surface area contributed by atoms with Crippen molar-refractivity contribution in [3.05, 3.63) is 65.7 Å². The zero-order valence-electron chi connectivity index (χ0n) is 16.1. The van der Waals surface area contributed by atoms with Crippen molar-refractivity contribution >= 4 is 15.9 Å². The fraction of sp³-hybridized carbons (Fsp3) is 0.350. The maximum absolute atomic E-state index is 13.4. The van der Waals surface area contributed by atoms with Crippen molar-refractivity contribution < 1.29 is 26.4 Å². The highest BCUT2D eigenvalue weighted by Crippen LogP contribution is 2.35. The number of benzene rings is 2. The van der Waals surface area contributed by atoms with Crippen molar-refractivity contribution in [1.82, 2.24) is 9.62 Å². The number of nitrogens with zero attached hydrogens (tertiary/aromatic N) is 1. The van der Waals surface area contributed by atoms with E-state index in [-0.39, 0.29) is 12.6 Å². The first-order chi connectivity index (χ1) is 13.6. The van der Waals surface area contributed by atoms with Crippen molar-refractivity contribution in [2.45, 2.75) is 43.9 Å². The number of sulfonamides is 1. The summed E-state index contributed by atoms with van der Waals surface area (Å²) >= 11 is 0. The second-order valence-corrected chi connectivity index (χ2v) is 8.54. The average Bonchev–Trinajstić information content (AvgIpc) is 2.67. The molecular weight excluding hydrogens is 405 g/mol. The Balaban J connectivity index is 2.45. The molecule has 0 fully saturated rings. The molecule has 0 aliphatic heterocycles. The predicted octanol–water partition coefficient (Wildman–Crippen LogP) is 3.81. The first kappa shape index (κ1) is 22.9. The molecule has 0 saturated heterocycles. The van der Waals surface area contributed by atoms with E-state index in [2.05, 4.69) is 5.32 Å². The fourth-order valence-electron chi connectivity index (χ4n) is 2.66. The number of alkyl halides is 3. The normalized spacial score (nSPS) is 13.3. The standard InChI is InChI=1S/C20H23F3N2O3S/c1-3-15(2)24-19(26)14-25(13-16-9-5-4-6-10-16)29(27,28)18-12-8-7-11-17(18)20(21,22)23/h4-12,15H,3,13-14H2,1-2H3,(H,24,26). The fourth-order valence-corrected chi connectivity index (χ4v) is 4.26. The Morgan fingerprint density at radius 2 is 1.66 bits per heavy atom. The summed E-state index contributed by atoms with van der Waals surface area (Å²) in [6.07, 6.45) is -4.21. The van der Waals surface area contributed by atoms with Gasteiger partial charge in [0.15, 0.2) is 0 Å². The lowest BCUT2D eigenvalue weighted by atomic mass is 10.2. The van der Waals surface area contributed by atoms with Gasteiger partial charge in [0, 0.05) is 12.6 Å². The maximum Gasteiger partial charge on any atom is 0.417 e. The lowest BCUT2D eigenvalue weighted by Crippen LogP contribution is -2.43. The molecule has 9 heteroatoms. The minimum Gasteiger partial charge on any atom is -0.353 e. The molecule has 2 aromatic carbocycles. The number of hydrogen-bond acceptors (Lipinski definition) is 3. The lowest BCUT2D eigenvalue weighted by Gasteiger charge is -2.24. The Morgan fingerprint density at radius 1 is 1.07 bits per heavy atom. The van der Waals surface area contributed by atoms with Crippen LogP contribution in [-0.2, 0) is 27.5 Å². The summed E-state index contributed by atoms with van der Waals surface area (Å²) in [5.74, 6) is -0.580. The molecule has 0 saturated carbocycles. The van der Waals surface area contributed by atoms with E-state index in [9.17, 15) is 26.4 Å². The molecule has 0 aromatic heterocycles. The smallest absolute Gasteiger partial charge is 0.353 e. The Morgan fingerprint density at radius 3 is 2.24 bits per heavy atom. The summed E-state index contributed by atoms with van der Waals surface area (Å²) in [4.78, 5) is 11.5. The van der Waals surface area contributed by atoms with Gasteiger partial charge in [-0.3, -0.25) is 4.79 Å². The molecule has 29 heavy (non-hydrogen) atoms. The monoisotopic (exact) mass is 428 g/mol. The molecule has 1 unspecified atom stereocenters. The number of halogens is 3. The van der Waals surface area contributed by atoms with Gasteiger partial charge in [0.05, 0.1) is 17.0 Å². The number of carbonyl (C=O) groups is 1. The van der Waals surface area contributed by atoms with Crippen molar-refractivity contribution in [2.75, 3.05) is 6.54 Å². The summed E-state index contributed by atoms with van der Waals surface area (Å²) in [6.45, 7) is 2.78. The summed E-state index contributed by atoms with van der Waals surface area (Å²) in [7, 11) is -4.60. The highest BCUT2D eigenvalue weighted by atomic mass is 32.2. The first-order valence-corrected chi connectivity index (χ1v) is 10.5. The number of hydrogen-bond donors (Lipinski definition) is 1. The lowest BCUT2D eigenvalue weighted by molar-refractivity contribution is -0.139. The van der Waals surface area contributed by atoms with Crippen molar-refractivity contribution in [1.29, 1.82) is 0 Å². The molecular formula is C20H23F3N2O3S. The largest absolute Gasteiger partial charge is 0.417 e. The average molecular weight is 428 g/mol. The molecule has 158 valence electrons. The van der Waals surface area contributed by atoms with Crippen LogP contribution >= 0.6 is 0 Å². The Hall–Kier alpha value is -2.39. The molecule has 1 amide bonds. The van der Waals surface area contributed by atoms with Crippen molar-refractivity contribution in [2.24, 2.45) is 0 Å². The topological polar surface area (TPSA) is 66.5 Å². The van der Waals surface area contributed by atoms with E-state index in [1.165, 1.54) is 6.07 Å². The molecule has 0 heterocycles. The molecule has 0 aliphatic carbocycles. The van der Waals surface area contributed by atoms with E-state index >= 15 is 0 Å². The molecule has 2 aromatic rings.